The monoisotopic (exact) mass is 395 g/mol. The van der Waals surface area contributed by atoms with Gasteiger partial charge in [0.15, 0.2) is 0 Å². The molecule has 1 aliphatic rings. The fraction of sp³-hybridized carbons (Fsp3) is 0.579. The van der Waals surface area contributed by atoms with E-state index in [1.54, 1.807) is 17.9 Å². The molecule has 1 saturated heterocycles. The quantitative estimate of drug-likeness (QED) is 0.814. The highest BCUT2D eigenvalue weighted by atomic mass is 32.2. The van der Waals surface area contributed by atoms with Gasteiger partial charge in [-0.25, -0.2) is 8.42 Å². The molecule has 0 spiro atoms. The van der Waals surface area contributed by atoms with Gasteiger partial charge in [-0.2, -0.15) is 4.31 Å². The van der Waals surface area contributed by atoms with Gasteiger partial charge in [-0.05, 0) is 37.0 Å². The number of benzene rings is 1. The smallest absolute Gasteiger partial charge is 0.245 e. The van der Waals surface area contributed by atoms with E-state index in [9.17, 15) is 18.0 Å². The second-order valence-electron chi connectivity index (χ2n) is 7.42. The van der Waals surface area contributed by atoms with Crippen molar-refractivity contribution in [3.63, 3.8) is 0 Å². The van der Waals surface area contributed by atoms with Gasteiger partial charge in [0, 0.05) is 33.1 Å². The minimum atomic E-state index is -3.59. The first-order chi connectivity index (χ1) is 12.5. The molecule has 1 aromatic carbocycles. The van der Waals surface area contributed by atoms with Crippen molar-refractivity contribution in [2.75, 3.05) is 26.2 Å². The zero-order valence-electron chi connectivity index (χ0n) is 16.7. The Morgan fingerprint density at radius 3 is 2.19 bits per heavy atom. The lowest BCUT2D eigenvalue weighted by Crippen LogP contribution is -2.56. The zero-order valence-corrected chi connectivity index (χ0v) is 17.5. The van der Waals surface area contributed by atoms with Gasteiger partial charge in [-0.1, -0.05) is 26.0 Å². The number of nitrogens with zero attached hydrogens (tertiary/aromatic N) is 2. The van der Waals surface area contributed by atoms with E-state index in [0.29, 0.717) is 23.5 Å². The van der Waals surface area contributed by atoms with Gasteiger partial charge in [0.1, 0.15) is 6.04 Å². The van der Waals surface area contributed by atoms with Crippen molar-refractivity contribution in [2.24, 2.45) is 5.92 Å². The molecule has 0 radical (unpaired) electrons. The Bertz CT molecular complexity index is 812. The molecule has 1 atom stereocenters. The summed E-state index contributed by atoms with van der Waals surface area (Å²) in [4.78, 5) is 26.1. The third-order valence-electron chi connectivity index (χ3n) is 4.80. The van der Waals surface area contributed by atoms with Gasteiger partial charge >= 0.3 is 0 Å². The van der Waals surface area contributed by atoms with E-state index in [1.165, 1.54) is 11.2 Å². The van der Waals surface area contributed by atoms with Crippen molar-refractivity contribution in [1.82, 2.24) is 14.5 Å². The van der Waals surface area contributed by atoms with Crippen molar-refractivity contribution >= 4 is 21.8 Å². The fourth-order valence-electron chi connectivity index (χ4n) is 3.20. The van der Waals surface area contributed by atoms with Gasteiger partial charge in [-0.3, -0.25) is 9.59 Å². The topological polar surface area (TPSA) is 86.8 Å². The van der Waals surface area contributed by atoms with Crippen molar-refractivity contribution in [3.8, 4) is 0 Å². The predicted octanol–water partition coefficient (Wildman–Crippen LogP) is 1.30. The van der Waals surface area contributed by atoms with E-state index in [2.05, 4.69) is 5.32 Å². The SMILES string of the molecule is CC(=O)N[C@H](C(=O)N1CCN(S(=O)(=O)c2cc(C)ccc2C)CC1)C(C)C. The standard InChI is InChI=1S/C19H29N3O4S/c1-13(2)18(20-16(5)23)19(24)21-8-10-22(11-9-21)27(25,26)17-12-14(3)6-7-15(17)4/h6-7,12-13,18H,8-11H2,1-5H3,(H,20,23)/t18-/m0/s1. The number of carbonyl (C=O) groups excluding carboxylic acids is 2. The summed E-state index contributed by atoms with van der Waals surface area (Å²) in [6.07, 6.45) is 0. The van der Waals surface area contributed by atoms with Crippen LogP contribution in [0.1, 0.15) is 31.9 Å². The van der Waals surface area contributed by atoms with Crippen LogP contribution < -0.4 is 5.32 Å². The Balaban J connectivity index is 2.11. The molecule has 1 heterocycles. The average Bonchev–Trinajstić information content (AvgIpc) is 2.60. The van der Waals surface area contributed by atoms with E-state index >= 15 is 0 Å². The highest BCUT2D eigenvalue weighted by Gasteiger charge is 2.34. The van der Waals surface area contributed by atoms with Gasteiger partial charge < -0.3 is 10.2 Å². The molecular weight excluding hydrogens is 366 g/mol. The maximum atomic E-state index is 13.0. The molecule has 1 fully saturated rings. The Kier molecular flexibility index (Phi) is 6.64. The molecule has 0 aliphatic carbocycles. The minimum absolute atomic E-state index is 0.0434. The molecule has 1 N–H and O–H groups in total. The summed E-state index contributed by atoms with van der Waals surface area (Å²) in [6.45, 7) is 9.89. The van der Waals surface area contributed by atoms with Crippen LogP contribution in [-0.2, 0) is 19.6 Å². The summed E-state index contributed by atoms with van der Waals surface area (Å²) >= 11 is 0. The summed E-state index contributed by atoms with van der Waals surface area (Å²) in [5.41, 5.74) is 1.60. The first-order valence-corrected chi connectivity index (χ1v) is 10.6. The van der Waals surface area contributed by atoms with Crippen LogP contribution in [0.4, 0.5) is 0 Å². The summed E-state index contributed by atoms with van der Waals surface area (Å²) < 4.78 is 27.4. The number of hydrogen-bond donors (Lipinski definition) is 1. The summed E-state index contributed by atoms with van der Waals surface area (Å²) in [7, 11) is -3.59. The van der Waals surface area contributed by atoms with Crippen molar-refractivity contribution in [3.05, 3.63) is 29.3 Å². The van der Waals surface area contributed by atoms with Crippen LogP contribution in [-0.4, -0.2) is 61.7 Å². The summed E-state index contributed by atoms with van der Waals surface area (Å²) in [6, 6.07) is 4.79. The molecule has 0 bridgehead atoms. The molecule has 0 unspecified atom stereocenters. The van der Waals surface area contributed by atoms with Gasteiger partial charge in [-0.15, -0.1) is 0 Å². The van der Waals surface area contributed by atoms with Crippen LogP contribution >= 0.6 is 0 Å². The van der Waals surface area contributed by atoms with Crippen molar-refractivity contribution in [2.45, 2.75) is 45.6 Å². The molecule has 150 valence electrons. The molecular formula is C19H29N3O4S. The summed E-state index contributed by atoms with van der Waals surface area (Å²) in [5.74, 6) is -0.458. The van der Waals surface area contributed by atoms with Gasteiger partial charge in [0.25, 0.3) is 0 Å². The molecule has 1 aliphatic heterocycles. The van der Waals surface area contributed by atoms with Crippen LogP contribution in [0.15, 0.2) is 23.1 Å². The highest BCUT2D eigenvalue weighted by Crippen LogP contribution is 2.22. The Morgan fingerprint density at radius 1 is 1.07 bits per heavy atom. The van der Waals surface area contributed by atoms with Crippen LogP contribution in [0.25, 0.3) is 0 Å². The highest BCUT2D eigenvalue weighted by molar-refractivity contribution is 7.89. The Labute approximate surface area is 161 Å². The van der Waals surface area contributed by atoms with Crippen LogP contribution in [0.2, 0.25) is 0 Å². The number of amides is 2. The van der Waals surface area contributed by atoms with E-state index in [0.717, 1.165) is 5.56 Å². The first kappa shape index (κ1) is 21.4. The minimum Gasteiger partial charge on any atom is -0.344 e. The third-order valence-corrected chi connectivity index (χ3v) is 6.84. The Hall–Kier alpha value is -1.93. The molecule has 2 amide bonds. The van der Waals surface area contributed by atoms with Crippen LogP contribution in [0.3, 0.4) is 0 Å². The number of rotatable bonds is 5. The lowest BCUT2D eigenvalue weighted by Gasteiger charge is -2.36. The van der Waals surface area contributed by atoms with E-state index < -0.39 is 16.1 Å². The molecule has 0 saturated carbocycles. The number of carbonyl (C=O) groups is 2. The number of hydrogen-bond acceptors (Lipinski definition) is 4. The maximum Gasteiger partial charge on any atom is 0.245 e. The average molecular weight is 396 g/mol. The fourth-order valence-corrected chi connectivity index (χ4v) is 4.93. The largest absolute Gasteiger partial charge is 0.344 e. The van der Waals surface area contributed by atoms with E-state index in [1.807, 2.05) is 32.9 Å². The lowest BCUT2D eigenvalue weighted by atomic mass is 10.0. The predicted molar refractivity (Wildman–Crippen MR) is 104 cm³/mol. The molecule has 7 nitrogen and oxygen atoms in total. The van der Waals surface area contributed by atoms with Crippen LogP contribution in [0, 0.1) is 19.8 Å². The first-order valence-electron chi connectivity index (χ1n) is 9.17. The van der Waals surface area contributed by atoms with Crippen molar-refractivity contribution < 1.29 is 18.0 Å². The zero-order chi connectivity index (χ0) is 20.4. The second-order valence-corrected chi connectivity index (χ2v) is 9.33. The van der Waals surface area contributed by atoms with E-state index in [-0.39, 0.29) is 30.8 Å². The Morgan fingerprint density at radius 2 is 1.67 bits per heavy atom. The maximum absolute atomic E-state index is 13.0. The lowest BCUT2D eigenvalue weighted by molar-refractivity contribution is -0.138. The molecule has 8 heteroatoms. The van der Waals surface area contributed by atoms with E-state index in [4.69, 9.17) is 0 Å². The van der Waals surface area contributed by atoms with Gasteiger partial charge in [0.2, 0.25) is 21.8 Å². The molecule has 2 rings (SSSR count). The molecule has 0 aromatic heterocycles. The number of sulfonamides is 1. The number of aryl methyl sites for hydroxylation is 2. The van der Waals surface area contributed by atoms with Crippen molar-refractivity contribution in [1.29, 1.82) is 0 Å². The normalized spacial score (nSPS) is 17.0. The second kappa shape index (κ2) is 8.39. The number of piperazine rings is 1. The number of nitrogens with one attached hydrogen (secondary N) is 1. The molecule has 1 aromatic rings. The third kappa shape index (κ3) is 4.87. The van der Waals surface area contributed by atoms with Crippen LogP contribution in [0.5, 0.6) is 0 Å². The summed E-state index contributed by atoms with van der Waals surface area (Å²) in [5, 5.41) is 2.70. The van der Waals surface area contributed by atoms with Gasteiger partial charge in [0.05, 0.1) is 4.90 Å². The molecule has 27 heavy (non-hydrogen) atoms.